The van der Waals surface area contributed by atoms with E-state index in [1.807, 2.05) is 36.7 Å². The van der Waals surface area contributed by atoms with Gasteiger partial charge in [-0.3, -0.25) is 4.99 Å². The summed E-state index contributed by atoms with van der Waals surface area (Å²) in [6.45, 7) is 0. The molecule has 4 heterocycles. The van der Waals surface area contributed by atoms with Crippen LogP contribution >= 0.6 is 0 Å². The zero-order valence-corrected chi connectivity index (χ0v) is 10.2. The van der Waals surface area contributed by atoms with Crippen LogP contribution in [0.3, 0.4) is 0 Å². The number of fused-ring (bicyclic) bond motifs is 2. The number of aromatic amines is 1. The molecule has 0 saturated heterocycles. The molecule has 2 unspecified atom stereocenters. The molecule has 94 valence electrons. The molecule has 2 atom stereocenters. The van der Waals surface area contributed by atoms with Gasteiger partial charge in [0.2, 0.25) is 0 Å². The molecule has 5 nitrogen and oxygen atoms in total. The molecule has 2 aliphatic rings. The number of pyridine rings is 1. The molecule has 0 amide bonds. The Hall–Kier alpha value is -2.43. The number of nitrogens with one attached hydrogen (secondary N) is 2. The van der Waals surface area contributed by atoms with Crippen molar-refractivity contribution in [3.63, 3.8) is 0 Å². The first-order valence-corrected chi connectivity index (χ1v) is 6.37. The van der Waals surface area contributed by atoms with E-state index in [-0.39, 0.29) is 6.17 Å². The van der Waals surface area contributed by atoms with Gasteiger partial charge >= 0.3 is 0 Å². The molecule has 5 heteroatoms. The maximum Gasteiger partial charge on any atom is 0.148 e. The van der Waals surface area contributed by atoms with Crippen LogP contribution in [-0.4, -0.2) is 28.2 Å². The minimum Gasteiger partial charge on any atom is -0.346 e. The van der Waals surface area contributed by atoms with Crippen LogP contribution in [0.2, 0.25) is 0 Å². The topological polar surface area (TPSA) is 65.4 Å². The number of anilines is 1. The number of H-pyrrole nitrogens is 1. The lowest BCUT2D eigenvalue weighted by Crippen LogP contribution is -2.21. The summed E-state index contributed by atoms with van der Waals surface area (Å²) in [6, 6.07) is 5.99. The summed E-state index contributed by atoms with van der Waals surface area (Å²) in [7, 11) is 0. The Balaban J connectivity index is 1.60. The third-order valence-corrected chi connectivity index (χ3v) is 3.46. The smallest absolute Gasteiger partial charge is 0.148 e. The lowest BCUT2D eigenvalue weighted by atomic mass is 10.0. The lowest BCUT2D eigenvalue weighted by Gasteiger charge is -2.17. The summed E-state index contributed by atoms with van der Waals surface area (Å²) in [5, 5.41) is 4.34. The van der Waals surface area contributed by atoms with Crippen molar-refractivity contribution in [1.82, 2.24) is 9.97 Å². The minimum absolute atomic E-state index is 0.0433. The second-order valence-electron chi connectivity index (χ2n) is 4.76. The number of nitrogens with zero attached hydrogens (tertiary/aromatic N) is 3. The average Bonchev–Trinajstić information content (AvgIpc) is 3.05. The molecule has 19 heavy (non-hydrogen) atoms. The summed E-state index contributed by atoms with van der Waals surface area (Å²) in [4.78, 5) is 16.5. The van der Waals surface area contributed by atoms with Crippen LogP contribution in [0.5, 0.6) is 0 Å². The van der Waals surface area contributed by atoms with Crippen LogP contribution in [0.1, 0.15) is 6.42 Å². The third-order valence-electron chi connectivity index (χ3n) is 3.46. The highest BCUT2D eigenvalue weighted by Crippen LogP contribution is 2.24. The summed E-state index contributed by atoms with van der Waals surface area (Å²) in [5.74, 6) is 2.04. The first-order valence-electron chi connectivity index (χ1n) is 6.37. The van der Waals surface area contributed by atoms with E-state index in [1.54, 1.807) is 0 Å². The van der Waals surface area contributed by atoms with Gasteiger partial charge in [0.25, 0.3) is 0 Å². The van der Waals surface area contributed by atoms with Crippen molar-refractivity contribution in [2.75, 3.05) is 5.32 Å². The molecule has 2 aromatic heterocycles. The molecule has 0 aliphatic carbocycles. The van der Waals surface area contributed by atoms with Crippen molar-refractivity contribution in [3.8, 4) is 0 Å². The SMILES string of the molecule is C1=CC2CC=NC2N=C1Nc1ccc2cc[nH]c2n1. The molecule has 4 rings (SSSR count). The fourth-order valence-corrected chi connectivity index (χ4v) is 2.44. The van der Waals surface area contributed by atoms with E-state index >= 15 is 0 Å². The van der Waals surface area contributed by atoms with Gasteiger partial charge in [-0.25, -0.2) is 9.98 Å². The monoisotopic (exact) mass is 251 g/mol. The minimum atomic E-state index is 0.0433. The normalized spacial score (nSPS) is 24.5. The van der Waals surface area contributed by atoms with Crippen LogP contribution in [0.25, 0.3) is 11.0 Å². The predicted octanol–water partition coefficient (Wildman–Crippen LogP) is 2.36. The quantitative estimate of drug-likeness (QED) is 0.817. The van der Waals surface area contributed by atoms with E-state index in [4.69, 9.17) is 0 Å². The van der Waals surface area contributed by atoms with E-state index in [2.05, 4.69) is 31.3 Å². The largest absolute Gasteiger partial charge is 0.346 e. The van der Waals surface area contributed by atoms with Crippen LogP contribution < -0.4 is 5.32 Å². The van der Waals surface area contributed by atoms with E-state index < -0.39 is 0 Å². The van der Waals surface area contributed by atoms with Crippen molar-refractivity contribution in [2.45, 2.75) is 12.6 Å². The second-order valence-corrected chi connectivity index (χ2v) is 4.76. The number of aliphatic imine (C=N–C) groups is 2. The maximum absolute atomic E-state index is 4.58. The van der Waals surface area contributed by atoms with Gasteiger partial charge in [0, 0.05) is 23.7 Å². The first-order chi connectivity index (χ1) is 9.38. The number of amidine groups is 1. The molecule has 0 bridgehead atoms. The lowest BCUT2D eigenvalue weighted by molar-refractivity contribution is 0.570. The molecule has 2 aliphatic heterocycles. The fraction of sp³-hybridized carbons (Fsp3) is 0.214. The Morgan fingerprint density at radius 3 is 3.26 bits per heavy atom. The van der Waals surface area contributed by atoms with E-state index in [1.165, 1.54) is 0 Å². The first kappa shape index (κ1) is 10.5. The molecule has 0 fully saturated rings. The van der Waals surface area contributed by atoms with Gasteiger partial charge in [-0.2, -0.15) is 0 Å². The van der Waals surface area contributed by atoms with Crippen LogP contribution in [0.15, 0.2) is 46.5 Å². The third kappa shape index (κ3) is 1.83. The number of hydrogen-bond acceptors (Lipinski definition) is 4. The zero-order chi connectivity index (χ0) is 12.7. The molecule has 0 saturated carbocycles. The molecule has 0 spiro atoms. The van der Waals surface area contributed by atoms with Gasteiger partial charge in [-0.05, 0) is 30.7 Å². The number of dihydropyridines is 1. The van der Waals surface area contributed by atoms with Gasteiger partial charge in [0.05, 0.1) is 0 Å². The van der Waals surface area contributed by atoms with E-state index in [9.17, 15) is 0 Å². The predicted molar refractivity (Wildman–Crippen MR) is 76.7 cm³/mol. The Kier molecular flexibility index (Phi) is 2.24. The summed E-state index contributed by atoms with van der Waals surface area (Å²) in [6.07, 6.45) is 9.05. The summed E-state index contributed by atoms with van der Waals surface area (Å²) >= 11 is 0. The maximum atomic E-state index is 4.58. The summed E-state index contributed by atoms with van der Waals surface area (Å²) < 4.78 is 0. The van der Waals surface area contributed by atoms with Crippen molar-refractivity contribution in [2.24, 2.45) is 15.9 Å². The highest BCUT2D eigenvalue weighted by Gasteiger charge is 2.24. The average molecular weight is 251 g/mol. The van der Waals surface area contributed by atoms with Gasteiger partial charge in [0.15, 0.2) is 0 Å². The van der Waals surface area contributed by atoms with Crippen molar-refractivity contribution >= 4 is 28.9 Å². The van der Waals surface area contributed by atoms with Gasteiger partial charge in [-0.1, -0.05) is 6.08 Å². The molecule has 0 radical (unpaired) electrons. The van der Waals surface area contributed by atoms with Crippen LogP contribution in [0, 0.1) is 5.92 Å². The molecular formula is C14H13N5. The molecular weight excluding hydrogens is 238 g/mol. The Labute approximate surface area is 110 Å². The van der Waals surface area contributed by atoms with E-state index in [0.717, 1.165) is 29.1 Å². The number of aromatic nitrogens is 2. The Morgan fingerprint density at radius 1 is 1.26 bits per heavy atom. The highest BCUT2D eigenvalue weighted by molar-refractivity contribution is 6.04. The summed E-state index contributed by atoms with van der Waals surface area (Å²) in [5.41, 5.74) is 0.877. The Bertz CT molecular complexity index is 709. The van der Waals surface area contributed by atoms with E-state index in [0.29, 0.717) is 5.92 Å². The second kappa shape index (κ2) is 4.05. The molecule has 2 aromatic rings. The molecule has 2 N–H and O–H groups in total. The molecule has 0 aromatic carbocycles. The van der Waals surface area contributed by atoms with Crippen molar-refractivity contribution in [3.05, 3.63) is 36.5 Å². The fourth-order valence-electron chi connectivity index (χ4n) is 2.44. The van der Waals surface area contributed by atoms with Crippen molar-refractivity contribution in [1.29, 1.82) is 0 Å². The highest BCUT2D eigenvalue weighted by atomic mass is 15.1. The van der Waals surface area contributed by atoms with Gasteiger partial charge in [-0.15, -0.1) is 0 Å². The number of hydrogen-bond donors (Lipinski definition) is 2. The van der Waals surface area contributed by atoms with Gasteiger partial charge in [0.1, 0.15) is 23.5 Å². The number of rotatable bonds is 1. The van der Waals surface area contributed by atoms with Crippen LogP contribution in [-0.2, 0) is 0 Å². The standard InChI is InChI=1S/C14H13N5/c1-3-11(18-13-9(1)5-7-15-13)17-12-4-2-10-6-8-16-14(10)19-12/h1-5,7-8,10,14H,6H2,(H2,15,17,18,19). The van der Waals surface area contributed by atoms with Gasteiger partial charge < -0.3 is 10.3 Å². The van der Waals surface area contributed by atoms with Crippen LogP contribution in [0.4, 0.5) is 5.82 Å². The zero-order valence-electron chi connectivity index (χ0n) is 10.2. The Morgan fingerprint density at radius 2 is 2.26 bits per heavy atom. The van der Waals surface area contributed by atoms with Crippen molar-refractivity contribution < 1.29 is 0 Å².